The highest BCUT2D eigenvalue weighted by Crippen LogP contribution is 2.20. The Kier molecular flexibility index (Phi) is 7.08. The molecule has 25 heavy (non-hydrogen) atoms. The fourth-order valence-corrected chi connectivity index (χ4v) is 3.10. The van der Waals surface area contributed by atoms with Crippen molar-refractivity contribution in [2.75, 3.05) is 6.54 Å². The third-order valence-corrected chi connectivity index (χ3v) is 4.50. The van der Waals surface area contributed by atoms with E-state index in [4.69, 9.17) is 27.9 Å². The van der Waals surface area contributed by atoms with Gasteiger partial charge in [0.2, 0.25) is 0 Å². The zero-order valence-electron chi connectivity index (χ0n) is 13.8. The highest BCUT2D eigenvalue weighted by molar-refractivity contribution is 6.36. The van der Waals surface area contributed by atoms with E-state index in [9.17, 15) is 14.4 Å². The molecule has 0 heterocycles. The van der Waals surface area contributed by atoms with E-state index in [0.29, 0.717) is 5.02 Å². The zero-order chi connectivity index (χ0) is 18.4. The number of halogens is 2. The molecule has 0 spiro atoms. The maximum Gasteiger partial charge on any atom is 0.326 e. The summed E-state index contributed by atoms with van der Waals surface area (Å²) < 4.78 is 5.04. The number of ether oxygens (including phenoxy) is 1. The molecule has 2 amide bonds. The first-order valence-corrected chi connectivity index (χ1v) is 8.85. The Labute approximate surface area is 156 Å². The average Bonchev–Trinajstić information content (AvgIpc) is 3.05. The van der Waals surface area contributed by atoms with E-state index in [1.54, 1.807) is 0 Å². The molecule has 2 N–H and O–H groups in total. The summed E-state index contributed by atoms with van der Waals surface area (Å²) in [4.78, 5) is 35.8. The van der Waals surface area contributed by atoms with E-state index in [0.717, 1.165) is 25.7 Å². The van der Waals surface area contributed by atoms with Crippen LogP contribution in [0.2, 0.25) is 10.0 Å². The summed E-state index contributed by atoms with van der Waals surface area (Å²) in [5.74, 6) is -1.55. The molecule has 0 bridgehead atoms. The zero-order valence-corrected chi connectivity index (χ0v) is 15.3. The molecule has 0 aromatic heterocycles. The number of rotatable bonds is 6. The van der Waals surface area contributed by atoms with Crippen molar-refractivity contribution in [2.24, 2.45) is 0 Å². The van der Waals surface area contributed by atoms with Gasteiger partial charge in [-0.3, -0.25) is 14.4 Å². The van der Waals surface area contributed by atoms with Gasteiger partial charge in [-0.05, 0) is 38.0 Å². The lowest BCUT2D eigenvalue weighted by molar-refractivity contribution is -0.154. The fraction of sp³-hybridized carbons (Fsp3) is 0.471. The Morgan fingerprint density at radius 1 is 1.24 bits per heavy atom. The van der Waals surface area contributed by atoms with Crippen LogP contribution in [0.4, 0.5) is 0 Å². The Bertz CT molecular complexity index is 660. The number of amides is 2. The van der Waals surface area contributed by atoms with E-state index < -0.39 is 18.0 Å². The van der Waals surface area contributed by atoms with Gasteiger partial charge in [0, 0.05) is 11.1 Å². The summed E-state index contributed by atoms with van der Waals surface area (Å²) in [6.45, 7) is 1.14. The van der Waals surface area contributed by atoms with Gasteiger partial charge in [0.05, 0.1) is 10.6 Å². The highest BCUT2D eigenvalue weighted by atomic mass is 35.5. The van der Waals surface area contributed by atoms with Crippen LogP contribution in [0.3, 0.4) is 0 Å². The molecule has 136 valence electrons. The predicted octanol–water partition coefficient (Wildman–Crippen LogP) is 2.71. The standard InChI is InChI=1S/C17H20Cl2N2O4/c1-10(16(23)21-12-4-2-3-5-12)25-15(22)9-20-17(24)13-7-6-11(18)8-14(13)19/h6-8,10,12H,2-5,9H2,1H3,(H,20,24)(H,21,23)/t10-/m1/s1. The third kappa shape index (κ3) is 5.90. The molecule has 0 radical (unpaired) electrons. The maximum absolute atomic E-state index is 12.0. The van der Waals surface area contributed by atoms with Crippen LogP contribution in [0.5, 0.6) is 0 Å². The van der Waals surface area contributed by atoms with Gasteiger partial charge < -0.3 is 15.4 Å². The number of esters is 1. The minimum Gasteiger partial charge on any atom is -0.451 e. The summed E-state index contributed by atoms with van der Waals surface area (Å²) in [7, 11) is 0. The van der Waals surface area contributed by atoms with Crippen molar-refractivity contribution in [3.05, 3.63) is 33.8 Å². The average molecular weight is 387 g/mol. The predicted molar refractivity (Wildman–Crippen MR) is 94.7 cm³/mol. The van der Waals surface area contributed by atoms with Crippen LogP contribution in [0.1, 0.15) is 43.0 Å². The maximum atomic E-state index is 12.0. The first-order valence-electron chi connectivity index (χ1n) is 8.10. The summed E-state index contributed by atoms with van der Waals surface area (Å²) in [5.41, 5.74) is 0.200. The van der Waals surface area contributed by atoms with E-state index in [2.05, 4.69) is 10.6 Å². The van der Waals surface area contributed by atoms with Crippen molar-refractivity contribution in [2.45, 2.75) is 44.8 Å². The Morgan fingerprint density at radius 2 is 1.92 bits per heavy atom. The highest BCUT2D eigenvalue weighted by Gasteiger charge is 2.23. The van der Waals surface area contributed by atoms with Crippen molar-refractivity contribution >= 4 is 41.0 Å². The van der Waals surface area contributed by atoms with Crippen molar-refractivity contribution in [1.29, 1.82) is 0 Å². The largest absolute Gasteiger partial charge is 0.451 e. The summed E-state index contributed by atoms with van der Waals surface area (Å²) in [6, 6.07) is 4.57. The molecule has 1 aliphatic rings. The lowest BCUT2D eigenvalue weighted by Crippen LogP contribution is -2.42. The molecule has 2 rings (SSSR count). The second-order valence-corrected chi connectivity index (χ2v) is 6.77. The minimum atomic E-state index is -0.913. The van der Waals surface area contributed by atoms with Crippen molar-refractivity contribution in [3.8, 4) is 0 Å². The number of carbonyl (C=O) groups excluding carboxylic acids is 3. The quantitative estimate of drug-likeness (QED) is 0.736. The monoisotopic (exact) mass is 386 g/mol. The van der Waals surface area contributed by atoms with Crippen LogP contribution in [-0.4, -0.2) is 36.5 Å². The molecule has 0 unspecified atom stereocenters. The van der Waals surface area contributed by atoms with Gasteiger partial charge in [-0.15, -0.1) is 0 Å². The van der Waals surface area contributed by atoms with Crippen molar-refractivity contribution < 1.29 is 19.1 Å². The molecule has 1 fully saturated rings. The van der Waals surface area contributed by atoms with Gasteiger partial charge in [0.1, 0.15) is 6.54 Å². The second kappa shape index (κ2) is 9.06. The lowest BCUT2D eigenvalue weighted by Gasteiger charge is -2.17. The molecular weight excluding hydrogens is 367 g/mol. The van der Waals surface area contributed by atoms with Crippen LogP contribution in [0.15, 0.2) is 18.2 Å². The van der Waals surface area contributed by atoms with Crippen LogP contribution in [0.25, 0.3) is 0 Å². The van der Waals surface area contributed by atoms with Crippen molar-refractivity contribution in [1.82, 2.24) is 10.6 Å². The molecule has 0 aliphatic heterocycles. The summed E-state index contributed by atoms with van der Waals surface area (Å²) >= 11 is 11.7. The number of nitrogens with one attached hydrogen (secondary N) is 2. The first-order chi connectivity index (χ1) is 11.9. The fourth-order valence-electron chi connectivity index (χ4n) is 2.60. The number of benzene rings is 1. The van der Waals surface area contributed by atoms with Gasteiger partial charge >= 0.3 is 5.97 Å². The summed E-state index contributed by atoms with van der Waals surface area (Å²) in [5, 5.41) is 5.85. The molecule has 6 nitrogen and oxygen atoms in total. The van der Waals surface area contributed by atoms with Gasteiger partial charge in [-0.25, -0.2) is 0 Å². The van der Waals surface area contributed by atoms with E-state index in [1.165, 1.54) is 25.1 Å². The lowest BCUT2D eigenvalue weighted by atomic mass is 10.2. The normalized spacial score (nSPS) is 15.5. The van der Waals surface area contributed by atoms with Crippen molar-refractivity contribution in [3.63, 3.8) is 0 Å². The van der Waals surface area contributed by atoms with Crippen LogP contribution in [0, 0.1) is 0 Å². The Hall–Kier alpha value is -1.79. The first kappa shape index (κ1) is 19.5. The molecule has 1 aromatic carbocycles. The van der Waals surface area contributed by atoms with Crippen LogP contribution < -0.4 is 10.6 Å². The Balaban J connectivity index is 1.77. The molecule has 1 saturated carbocycles. The SMILES string of the molecule is C[C@@H](OC(=O)CNC(=O)c1ccc(Cl)cc1Cl)C(=O)NC1CCCC1. The third-order valence-electron chi connectivity index (χ3n) is 3.95. The van der Waals surface area contributed by atoms with E-state index in [-0.39, 0.29) is 29.1 Å². The molecule has 1 aliphatic carbocycles. The molecule has 8 heteroatoms. The smallest absolute Gasteiger partial charge is 0.326 e. The van der Waals surface area contributed by atoms with Gasteiger partial charge in [0.15, 0.2) is 6.10 Å². The van der Waals surface area contributed by atoms with E-state index in [1.807, 2.05) is 0 Å². The van der Waals surface area contributed by atoms with E-state index >= 15 is 0 Å². The van der Waals surface area contributed by atoms with Gasteiger partial charge in [-0.1, -0.05) is 36.0 Å². The molecule has 0 saturated heterocycles. The van der Waals surface area contributed by atoms with Gasteiger partial charge in [0.25, 0.3) is 11.8 Å². The van der Waals surface area contributed by atoms with Crippen LogP contribution in [-0.2, 0) is 14.3 Å². The number of hydrogen-bond donors (Lipinski definition) is 2. The molecule has 1 atom stereocenters. The van der Waals surface area contributed by atoms with Crippen LogP contribution >= 0.6 is 23.2 Å². The Morgan fingerprint density at radius 3 is 2.56 bits per heavy atom. The number of hydrogen-bond acceptors (Lipinski definition) is 4. The van der Waals surface area contributed by atoms with Gasteiger partial charge in [-0.2, -0.15) is 0 Å². The topological polar surface area (TPSA) is 84.5 Å². The number of carbonyl (C=O) groups is 3. The molecular formula is C17H20Cl2N2O4. The summed E-state index contributed by atoms with van der Waals surface area (Å²) in [6.07, 6.45) is 3.18. The molecule has 1 aromatic rings. The minimum absolute atomic E-state index is 0.153. The second-order valence-electron chi connectivity index (χ2n) is 5.93.